The zero-order valence-electron chi connectivity index (χ0n) is 10.3. The molecule has 0 bridgehead atoms. The van der Waals surface area contributed by atoms with Gasteiger partial charge in [-0.2, -0.15) is 0 Å². The smallest absolute Gasteiger partial charge is 0.251 e. The van der Waals surface area contributed by atoms with Crippen molar-refractivity contribution in [2.75, 3.05) is 5.33 Å². The van der Waals surface area contributed by atoms with E-state index in [2.05, 4.69) is 35.1 Å². The van der Waals surface area contributed by atoms with Gasteiger partial charge in [-0.25, -0.2) is 0 Å². The molecule has 94 valence electrons. The molecule has 2 nitrogen and oxygen atoms in total. The first-order valence-corrected chi connectivity index (χ1v) is 7.08. The van der Waals surface area contributed by atoms with Crippen LogP contribution in [0.25, 0.3) is 0 Å². The number of alkyl halides is 1. The molecule has 17 heavy (non-hydrogen) atoms. The number of amides is 1. The molecule has 1 amide bonds. The Balaban J connectivity index is 2.86. The Kier molecular flexibility index (Phi) is 5.47. The lowest BCUT2D eigenvalue weighted by molar-refractivity contribution is 0.0931. The van der Waals surface area contributed by atoms with Gasteiger partial charge in [-0.05, 0) is 30.5 Å². The SMILES string of the molecule is Cc1ccc(Cl)cc1C(=O)NC(CBr)C(C)C. The van der Waals surface area contributed by atoms with E-state index < -0.39 is 0 Å². The Morgan fingerprint density at radius 3 is 2.65 bits per heavy atom. The maximum atomic E-state index is 12.1. The van der Waals surface area contributed by atoms with Gasteiger partial charge in [-0.15, -0.1) is 0 Å². The van der Waals surface area contributed by atoms with Crippen LogP contribution in [-0.2, 0) is 0 Å². The fraction of sp³-hybridized carbons (Fsp3) is 0.462. The van der Waals surface area contributed by atoms with Crippen molar-refractivity contribution in [3.05, 3.63) is 34.3 Å². The van der Waals surface area contributed by atoms with Crippen LogP contribution in [0.5, 0.6) is 0 Å². The predicted octanol–water partition coefficient (Wildman–Crippen LogP) is 3.80. The molecule has 0 saturated carbocycles. The van der Waals surface area contributed by atoms with E-state index in [9.17, 15) is 4.79 Å². The summed E-state index contributed by atoms with van der Waals surface area (Å²) in [6.45, 7) is 6.07. The third kappa shape index (κ3) is 4.00. The molecule has 0 spiro atoms. The van der Waals surface area contributed by atoms with Crippen LogP contribution in [0.3, 0.4) is 0 Å². The van der Waals surface area contributed by atoms with Crippen LogP contribution in [0.1, 0.15) is 29.8 Å². The highest BCUT2D eigenvalue weighted by Gasteiger charge is 2.17. The molecule has 0 saturated heterocycles. The molecule has 0 aliphatic carbocycles. The lowest BCUT2D eigenvalue weighted by atomic mass is 10.0. The predicted molar refractivity (Wildman–Crippen MR) is 76.1 cm³/mol. The van der Waals surface area contributed by atoms with E-state index in [1.165, 1.54) is 0 Å². The molecule has 1 aromatic carbocycles. The minimum absolute atomic E-state index is 0.0665. The first kappa shape index (κ1) is 14.5. The monoisotopic (exact) mass is 317 g/mol. The van der Waals surface area contributed by atoms with Gasteiger partial charge in [0.25, 0.3) is 5.91 Å². The highest BCUT2D eigenvalue weighted by atomic mass is 79.9. The van der Waals surface area contributed by atoms with Crippen molar-refractivity contribution < 1.29 is 4.79 Å². The summed E-state index contributed by atoms with van der Waals surface area (Å²) in [6, 6.07) is 5.48. The third-order valence-electron chi connectivity index (χ3n) is 2.73. The second kappa shape index (κ2) is 6.41. The molecule has 1 unspecified atom stereocenters. The molecular formula is C13H17BrClNO. The van der Waals surface area contributed by atoms with E-state index in [0.717, 1.165) is 10.9 Å². The summed E-state index contributed by atoms with van der Waals surface area (Å²) in [5, 5.41) is 4.34. The van der Waals surface area contributed by atoms with Crippen molar-refractivity contribution in [2.24, 2.45) is 5.92 Å². The van der Waals surface area contributed by atoms with E-state index in [1.807, 2.05) is 13.0 Å². The fourth-order valence-electron chi connectivity index (χ4n) is 1.47. The van der Waals surface area contributed by atoms with Gasteiger partial charge >= 0.3 is 0 Å². The van der Waals surface area contributed by atoms with Crippen LogP contribution in [0.2, 0.25) is 5.02 Å². The Bertz CT molecular complexity index is 406. The number of nitrogens with one attached hydrogen (secondary N) is 1. The summed E-state index contributed by atoms with van der Waals surface area (Å²) in [4.78, 5) is 12.1. The number of hydrogen-bond donors (Lipinski definition) is 1. The van der Waals surface area contributed by atoms with Gasteiger partial charge in [0, 0.05) is 22.0 Å². The quantitative estimate of drug-likeness (QED) is 0.841. The maximum Gasteiger partial charge on any atom is 0.251 e. The van der Waals surface area contributed by atoms with E-state index in [0.29, 0.717) is 16.5 Å². The van der Waals surface area contributed by atoms with E-state index in [-0.39, 0.29) is 11.9 Å². The van der Waals surface area contributed by atoms with Crippen molar-refractivity contribution in [2.45, 2.75) is 26.8 Å². The Morgan fingerprint density at radius 2 is 2.12 bits per heavy atom. The molecule has 4 heteroatoms. The van der Waals surface area contributed by atoms with Gasteiger partial charge < -0.3 is 5.32 Å². The van der Waals surface area contributed by atoms with Crippen molar-refractivity contribution in [3.8, 4) is 0 Å². The first-order valence-electron chi connectivity index (χ1n) is 5.58. The highest BCUT2D eigenvalue weighted by Crippen LogP contribution is 2.16. The van der Waals surface area contributed by atoms with Gasteiger partial charge in [0.2, 0.25) is 0 Å². The Morgan fingerprint density at radius 1 is 1.47 bits per heavy atom. The number of carbonyl (C=O) groups excluding carboxylic acids is 1. The molecule has 0 aromatic heterocycles. The fourth-order valence-corrected chi connectivity index (χ4v) is 2.55. The summed E-state index contributed by atoms with van der Waals surface area (Å²) >= 11 is 9.31. The van der Waals surface area contributed by atoms with E-state index in [4.69, 9.17) is 11.6 Å². The van der Waals surface area contributed by atoms with Crippen molar-refractivity contribution in [3.63, 3.8) is 0 Å². The van der Waals surface area contributed by atoms with E-state index >= 15 is 0 Å². The van der Waals surface area contributed by atoms with Crippen LogP contribution in [-0.4, -0.2) is 17.3 Å². The molecule has 1 atom stereocenters. The van der Waals surface area contributed by atoms with Gasteiger partial charge in [-0.3, -0.25) is 4.79 Å². The Hall–Kier alpha value is -0.540. The number of aryl methyl sites for hydroxylation is 1. The lowest BCUT2D eigenvalue weighted by Gasteiger charge is -2.20. The van der Waals surface area contributed by atoms with Crippen LogP contribution < -0.4 is 5.32 Å². The lowest BCUT2D eigenvalue weighted by Crippen LogP contribution is -2.40. The van der Waals surface area contributed by atoms with Gasteiger partial charge in [0.1, 0.15) is 0 Å². The van der Waals surface area contributed by atoms with Gasteiger partial charge in [0.05, 0.1) is 0 Å². The molecule has 0 aliphatic heterocycles. The number of benzene rings is 1. The molecule has 0 aliphatic rings. The second-order valence-corrected chi connectivity index (χ2v) is 5.52. The van der Waals surface area contributed by atoms with Crippen LogP contribution in [0, 0.1) is 12.8 Å². The third-order valence-corrected chi connectivity index (χ3v) is 3.66. The van der Waals surface area contributed by atoms with Crippen LogP contribution >= 0.6 is 27.5 Å². The number of halogens is 2. The maximum absolute atomic E-state index is 12.1. The minimum Gasteiger partial charge on any atom is -0.348 e. The van der Waals surface area contributed by atoms with Gasteiger partial charge in [0.15, 0.2) is 0 Å². The average Bonchev–Trinajstić information content (AvgIpc) is 2.28. The molecular weight excluding hydrogens is 302 g/mol. The van der Waals surface area contributed by atoms with Gasteiger partial charge in [-0.1, -0.05) is 47.4 Å². The largest absolute Gasteiger partial charge is 0.348 e. The molecule has 0 heterocycles. The number of carbonyl (C=O) groups is 1. The van der Waals surface area contributed by atoms with Crippen LogP contribution in [0.15, 0.2) is 18.2 Å². The van der Waals surface area contributed by atoms with Crippen molar-refractivity contribution in [1.29, 1.82) is 0 Å². The Labute approximate surface area is 116 Å². The summed E-state index contributed by atoms with van der Waals surface area (Å²) < 4.78 is 0. The van der Waals surface area contributed by atoms with E-state index in [1.54, 1.807) is 12.1 Å². The summed E-state index contributed by atoms with van der Waals surface area (Å²) in [5.74, 6) is 0.320. The topological polar surface area (TPSA) is 29.1 Å². The minimum atomic E-state index is -0.0665. The van der Waals surface area contributed by atoms with Crippen LogP contribution in [0.4, 0.5) is 0 Å². The molecule has 1 N–H and O–H groups in total. The first-order chi connectivity index (χ1) is 7.95. The molecule has 0 fully saturated rings. The molecule has 0 radical (unpaired) electrons. The second-order valence-electron chi connectivity index (χ2n) is 4.44. The molecule has 1 aromatic rings. The highest BCUT2D eigenvalue weighted by molar-refractivity contribution is 9.09. The zero-order chi connectivity index (χ0) is 13.0. The standard InChI is InChI=1S/C13H17BrClNO/c1-8(2)12(7-14)16-13(17)11-6-10(15)5-4-9(11)3/h4-6,8,12H,7H2,1-3H3,(H,16,17). The number of hydrogen-bond acceptors (Lipinski definition) is 1. The van der Waals surface area contributed by atoms with Crippen molar-refractivity contribution in [1.82, 2.24) is 5.32 Å². The summed E-state index contributed by atoms with van der Waals surface area (Å²) in [5.41, 5.74) is 1.58. The summed E-state index contributed by atoms with van der Waals surface area (Å²) in [6.07, 6.45) is 0. The number of rotatable bonds is 4. The normalized spacial score (nSPS) is 12.6. The average molecular weight is 319 g/mol. The molecule has 1 rings (SSSR count). The zero-order valence-corrected chi connectivity index (χ0v) is 12.6. The summed E-state index contributed by atoms with van der Waals surface area (Å²) in [7, 11) is 0. The van der Waals surface area contributed by atoms with Crippen molar-refractivity contribution >= 4 is 33.4 Å².